The van der Waals surface area contributed by atoms with Crippen LogP contribution in [0.25, 0.3) is 11.3 Å². The zero-order valence-corrected chi connectivity index (χ0v) is 19.6. The molecule has 35 heavy (non-hydrogen) atoms. The monoisotopic (exact) mass is 508 g/mol. The van der Waals surface area contributed by atoms with Crippen molar-refractivity contribution in [2.75, 3.05) is 16.4 Å². The number of carbonyl (C=O) groups excluding carboxylic acids is 2. The van der Waals surface area contributed by atoms with E-state index >= 15 is 0 Å². The average Bonchev–Trinajstić information content (AvgIpc) is 3.32. The molecule has 0 aliphatic rings. The molecule has 3 aromatic carbocycles. The van der Waals surface area contributed by atoms with Crippen molar-refractivity contribution in [2.24, 2.45) is 0 Å². The van der Waals surface area contributed by atoms with Crippen molar-refractivity contribution in [1.29, 1.82) is 0 Å². The van der Waals surface area contributed by atoms with Gasteiger partial charge in [0.25, 0.3) is 11.6 Å². The highest BCUT2D eigenvalue weighted by Crippen LogP contribution is 2.26. The number of hydrogen-bond donors (Lipinski definition) is 2. The summed E-state index contributed by atoms with van der Waals surface area (Å²) in [7, 11) is 0. The van der Waals surface area contributed by atoms with Crippen LogP contribution < -0.4 is 10.6 Å². The fourth-order valence-corrected chi connectivity index (χ4v) is 4.48. The summed E-state index contributed by atoms with van der Waals surface area (Å²) in [6, 6.07) is 18.3. The molecule has 2 amide bonds. The van der Waals surface area contributed by atoms with Gasteiger partial charge in [-0.25, -0.2) is 9.37 Å². The number of amides is 2. The van der Waals surface area contributed by atoms with E-state index in [1.807, 2.05) is 6.07 Å². The third kappa shape index (κ3) is 6.49. The van der Waals surface area contributed by atoms with Gasteiger partial charge in [0.1, 0.15) is 5.82 Å². The maximum absolute atomic E-state index is 13.1. The molecule has 11 heteroatoms. The molecule has 0 bridgehead atoms. The number of nitrogens with one attached hydrogen (secondary N) is 2. The van der Waals surface area contributed by atoms with E-state index in [1.54, 1.807) is 35.7 Å². The number of benzene rings is 3. The Morgan fingerprint density at radius 1 is 1.03 bits per heavy atom. The molecule has 2 N–H and O–H groups in total. The van der Waals surface area contributed by atoms with E-state index in [0.29, 0.717) is 16.5 Å². The maximum atomic E-state index is 13.1. The second-order valence-corrected chi connectivity index (χ2v) is 9.07. The molecule has 1 aromatic heterocycles. The molecular weight excluding hydrogens is 491 g/mol. The minimum absolute atomic E-state index is 0.0948. The van der Waals surface area contributed by atoms with Crippen molar-refractivity contribution in [3.05, 3.63) is 99.7 Å². The predicted molar refractivity (Wildman–Crippen MR) is 134 cm³/mol. The van der Waals surface area contributed by atoms with Gasteiger partial charge in [0.05, 0.1) is 16.4 Å². The standard InChI is InChI=1S/C24H17FN4O4S2/c25-17-8-4-15(5-9-17)21-13-35-24(27-21)28-22(30)14-34-20-3-1-2-18(12-20)26-23(31)16-6-10-19(11-7-16)29(32)33/h1-13H,14H2,(H,26,31)(H,27,28,30). The smallest absolute Gasteiger partial charge is 0.269 e. The van der Waals surface area contributed by atoms with E-state index in [2.05, 4.69) is 15.6 Å². The van der Waals surface area contributed by atoms with E-state index in [-0.39, 0.29) is 28.7 Å². The van der Waals surface area contributed by atoms with Gasteiger partial charge in [-0.2, -0.15) is 0 Å². The zero-order valence-electron chi connectivity index (χ0n) is 17.9. The molecular formula is C24H17FN4O4S2. The first kappa shape index (κ1) is 24.0. The van der Waals surface area contributed by atoms with Crippen LogP contribution in [-0.4, -0.2) is 27.5 Å². The van der Waals surface area contributed by atoms with Gasteiger partial charge >= 0.3 is 0 Å². The summed E-state index contributed by atoms with van der Waals surface area (Å²) in [5, 5.41) is 18.5. The minimum Gasteiger partial charge on any atom is -0.322 e. The van der Waals surface area contributed by atoms with Gasteiger partial charge in [0, 0.05) is 39.2 Å². The van der Waals surface area contributed by atoms with Crippen LogP contribution in [0.4, 0.5) is 20.9 Å². The average molecular weight is 509 g/mol. The van der Waals surface area contributed by atoms with Gasteiger partial charge in [0.2, 0.25) is 5.91 Å². The van der Waals surface area contributed by atoms with Crippen LogP contribution in [0, 0.1) is 15.9 Å². The molecule has 0 atom stereocenters. The van der Waals surface area contributed by atoms with Crippen LogP contribution in [0.1, 0.15) is 10.4 Å². The molecule has 4 aromatic rings. The van der Waals surface area contributed by atoms with Crippen LogP contribution in [0.15, 0.2) is 83.1 Å². The van der Waals surface area contributed by atoms with Gasteiger partial charge in [-0.05, 0) is 54.6 Å². The second-order valence-electron chi connectivity index (χ2n) is 7.17. The Bertz CT molecular complexity index is 1380. The lowest BCUT2D eigenvalue weighted by molar-refractivity contribution is -0.384. The number of carbonyl (C=O) groups is 2. The highest BCUT2D eigenvalue weighted by atomic mass is 32.2. The van der Waals surface area contributed by atoms with Crippen LogP contribution in [0.2, 0.25) is 0 Å². The van der Waals surface area contributed by atoms with E-state index in [1.165, 1.54) is 59.5 Å². The maximum Gasteiger partial charge on any atom is 0.269 e. The fraction of sp³-hybridized carbons (Fsp3) is 0.0417. The molecule has 4 rings (SSSR count). The number of nitro groups is 1. The SMILES string of the molecule is O=C(CSc1cccc(NC(=O)c2ccc([N+](=O)[O-])cc2)c1)Nc1nc(-c2ccc(F)cc2)cs1. The van der Waals surface area contributed by atoms with Gasteiger partial charge in [-0.15, -0.1) is 23.1 Å². The van der Waals surface area contributed by atoms with Crippen molar-refractivity contribution in [2.45, 2.75) is 4.90 Å². The number of anilines is 2. The molecule has 176 valence electrons. The summed E-state index contributed by atoms with van der Waals surface area (Å²) in [6.45, 7) is 0. The van der Waals surface area contributed by atoms with Crippen molar-refractivity contribution < 1.29 is 18.9 Å². The predicted octanol–water partition coefficient (Wildman–Crippen LogP) is 5.84. The van der Waals surface area contributed by atoms with Crippen LogP contribution in [0.3, 0.4) is 0 Å². The van der Waals surface area contributed by atoms with E-state index in [9.17, 15) is 24.1 Å². The fourth-order valence-electron chi connectivity index (χ4n) is 2.99. The first-order valence-corrected chi connectivity index (χ1v) is 12.0. The van der Waals surface area contributed by atoms with E-state index < -0.39 is 10.8 Å². The van der Waals surface area contributed by atoms with Gasteiger partial charge in [-0.3, -0.25) is 19.7 Å². The number of aromatic nitrogens is 1. The number of hydrogen-bond acceptors (Lipinski definition) is 7. The highest BCUT2D eigenvalue weighted by Gasteiger charge is 2.12. The lowest BCUT2D eigenvalue weighted by Crippen LogP contribution is -2.14. The number of thiazole rings is 1. The number of non-ortho nitro benzene ring substituents is 1. The molecule has 0 aliphatic heterocycles. The van der Waals surface area contributed by atoms with Crippen molar-refractivity contribution in [3.63, 3.8) is 0 Å². The molecule has 0 saturated heterocycles. The van der Waals surface area contributed by atoms with E-state index in [0.717, 1.165) is 10.5 Å². The minimum atomic E-state index is -0.530. The summed E-state index contributed by atoms with van der Waals surface area (Å²) in [4.78, 5) is 40.1. The molecule has 1 heterocycles. The van der Waals surface area contributed by atoms with Crippen molar-refractivity contribution in [3.8, 4) is 11.3 Å². The zero-order chi connectivity index (χ0) is 24.8. The summed E-state index contributed by atoms with van der Waals surface area (Å²) in [5.74, 6) is -0.842. The summed E-state index contributed by atoms with van der Waals surface area (Å²) in [6.07, 6.45) is 0. The molecule has 0 saturated carbocycles. The van der Waals surface area contributed by atoms with Crippen molar-refractivity contribution >= 4 is 51.4 Å². The Morgan fingerprint density at radius 2 is 1.77 bits per heavy atom. The van der Waals surface area contributed by atoms with E-state index in [4.69, 9.17) is 0 Å². The largest absolute Gasteiger partial charge is 0.322 e. The Labute approximate surface area is 207 Å². The second kappa shape index (κ2) is 10.9. The van der Waals surface area contributed by atoms with Gasteiger partial charge < -0.3 is 10.6 Å². The highest BCUT2D eigenvalue weighted by molar-refractivity contribution is 8.00. The lowest BCUT2D eigenvalue weighted by Gasteiger charge is -2.07. The molecule has 0 radical (unpaired) electrons. The number of thioether (sulfide) groups is 1. The number of nitro benzene ring substituents is 1. The van der Waals surface area contributed by atoms with Gasteiger partial charge in [-0.1, -0.05) is 6.07 Å². The third-order valence-electron chi connectivity index (χ3n) is 4.69. The molecule has 0 aliphatic carbocycles. The first-order valence-electron chi connectivity index (χ1n) is 10.2. The Kier molecular flexibility index (Phi) is 7.48. The van der Waals surface area contributed by atoms with Crippen LogP contribution >= 0.6 is 23.1 Å². The molecule has 0 fully saturated rings. The third-order valence-corrected chi connectivity index (χ3v) is 6.44. The lowest BCUT2D eigenvalue weighted by atomic mass is 10.2. The van der Waals surface area contributed by atoms with Crippen LogP contribution in [0.5, 0.6) is 0 Å². The number of halogens is 1. The summed E-state index contributed by atoms with van der Waals surface area (Å²) < 4.78 is 13.1. The summed E-state index contributed by atoms with van der Waals surface area (Å²) in [5.41, 5.74) is 2.13. The Balaban J connectivity index is 1.31. The summed E-state index contributed by atoms with van der Waals surface area (Å²) >= 11 is 2.57. The molecule has 0 spiro atoms. The topological polar surface area (TPSA) is 114 Å². The molecule has 8 nitrogen and oxygen atoms in total. The Morgan fingerprint density at radius 3 is 2.49 bits per heavy atom. The quantitative estimate of drug-likeness (QED) is 0.176. The van der Waals surface area contributed by atoms with Gasteiger partial charge in [0.15, 0.2) is 5.13 Å². The van der Waals surface area contributed by atoms with Crippen molar-refractivity contribution in [1.82, 2.24) is 4.98 Å². The normalized spacial score (nSPS) is 10.5. The number of rotatable bonds is 8. The Hall–Kier alpha value is -4.09. The number of nitrogens with zero attached hydrogens (tertiary/aromatic N) is 2. The first-order chi connectivity index (χ1) is 16.9. The molecule has 0 unspecified atom stereocenters. The van der Waals surface area contributed by atoms with Crippen LogP contribution in [-0.2, 0) is 4.79 Å².